The highest BCUT2D eigenvalue weighted by atomic mass is 16.1. The molecule has 0 saturated carbocycles. The highest BCUT2D eigenvalue weighted by Crippen LogP contribution is 2.11. The van der Waals surface area contributed by atoms with E-state index in [0.29, 0.717) is 12.1 Å². The maximum absolute atomic E-state index is 12.3. The predicted octanol–water partition coefficient (Wildman–Crippen LogP) is 2.78. The zero-order valence-electron chi connectivity index (χ0n) is 15.4. The number of amides is 1. The van der Waals surface area contributed by atoms with Crippen LogP contribution in [0.3, 0.4) is 0 Å². The van der Waals surface area contributed by atoms with Gasteiger partial charge in [-0.2, -0.15) is 0 Å². The summed E-state index contributed by atoms with van der Waals surface area (Å²) in [5.74, 6) is 0.930. The van der Waals surface area contributed by atoms with Crippen molar-refractivity contribution < 1.29 is 4.79 Å². The molecule has 0 atom stereocenters. The van der Waals surface area contributed by atoms with Gasteiger partial charge in [-0.15, -0.1) is 0 Å². The first-order chi connectivity index (χ1) is 11.4. The Morgan fingerprint density at radius 2 is 1.96 bits per heavy atom. The number of rotatable bonds is 4. The Bertz CT molecular complexity index is 583. The van der Waals surface area contributed by atoms with Crippen LogP contribution in [0, 0.1) is 0 Å². The third kappa shape index (κ3) is 5.55. The number of hydrogen-bond donors (Lipinski definition) is 2. The van der Waals surface area contributed by atoms with Gasteiger partial charge in [-0.3, -0.25) is 4.79 Å². The number of nitrogens with zero attached hydrogens (tertiary/aromatic N) is 2. The van der Waals surface area contributed by atoms with Gasteiger partial charge in [0.05, 0.1) is 6.54 Å². The molecule has 1 heterocycles. The fourth-order valence-electron chi connectivity index (χ4n) is 2.74. The molecule has 0 aliphatic carbocycles. The van der Waals surface area contributed by atoms with Crippen molar-refractivity contribution in [3.63, 3.8) is 0 Å². The minimum atomic E-state index is -0.237. The molecule has 0 radical (unpaired) electrons. The van der Waals surface area contributed by atoms with Gasteiger partial charge in [0.25, 0.3) is 5.91 Å². The molecule has 132 valence electrons. The SMILES string of the molecule is CCNC(=NCc1cccc(C(=O)NC(C)(C)C)c1)N1CCCC1. The van der Waals surface area contributed by atoms with E-state index in [9.17, 15) is 4.79 Å². The summed E-state index contributed by atoms with van der Waals surface area (Å²) in [7, 11) is 0. The number of carbonyl (C=O) groups excluding carboxylic acids is 1. The molecule has 1 aliphatic heterocycles. The summed E-state index contributed by atoms with van der Waals surface area (Å²) in [6.07, 6.45) is 2.46. The molecule has 0 unspecified atom stereocenters. The van der Waals surface area contributed by atoms with Gasteiger partial charge in [-0.25, -0.2) is 4.99 Å². The van der Waals surface area contributed by atoms with Crippen LogP contribution in [-0.4, -0.2) is 41.9 Å². The quantitative estimate of drug-likeness (QED) is 0.659. The lowest BCUT2D eigenvalue weighted by atomic mass is 10.1. The minimum Gasteiger partial charge on any atom is -0.357 e. The third-order valence-corrected chi connectivity index (χ3v) is 3.83. The summed E-state index contributed by atoms with van der Waals surface area (Å²) in [5.41, 5.74) is 1.49. The van der Waals surface area contributed by atoms with Crippen molar-refractivity contribution in [2.75, 3.05) is 19.6 Å². The number of aliphatic imine (C=N–C) groups is 1. The van der Waals surface area contributed by atoms with Crippen LogP contribution in [0.5, 0.6) is 0 Å². The van der Waals surface area contributed by atoms with E-state index in [1.165, 1.54) is 12.8 Å². The number of likely N-dealkylation sites (tertiary alicyclic amines) is 1. The molecule has 1 aromatic rings. The zero-order valence-corrected chi connectivity index (χ0v) is 15.4. The topological polar surface area (TPSA) is 56.7 Å². The van der Waals surface area contributed by atoms with Gasteiger partial charge < -0.3 is 15.5 Å². The summed E-state index contributed by atoms with van der Waals surface area (Å²) < 4.78 is 0. The van der Waals surface area contributed by atoms with E-state index in [4.69, 9.17) is 4.99 Å². The monoisotopic (exact) mass is 330 g/mol. The molecule has 1 fully saturated rings. The summed E-state index contributed by atoms with van der Waals surface area (Å²) >= 11 is 0. The summed E-state index contributed by atoms with van der Waals surface area (Å²) in [4.78, 5) is 19.3. The average Bonchev–Trinajstić information content (AvgIpc) is 3.04. The van der Waals surface area contributed by atoms with Crippen molar-refractivity contribution in [1.82, 2.24) is 15.5 Å². The molecule has 1 aliphatic rings. The van der Waals surface area contributed by atoms with Crippen LogP contribution in [0.4, 0.5) is 0 Å². The van der Waals surface area contributed by atoms with Crippen molar-refractivity contribution in [1.29, 1.82) is 0 Å². The number of benzene rings is 1. The van der Waals surface area contributed by atoms with Crippen LogP contribution < -0.4 is 10.6 Å². The van der Waals surface area contributed by atoms with Gasteiger partial charge in [0.15, 0.2) is 5.96 Å². The first-order valence-electron chi connectivity index (χ1n) is 8.84. The second-order valence-electron chi connectivity index (χ2n) is 7.27. The normalized spacial score (nSPS) is 15.5. The lowest BCUT2D eigenvalue weighted by molar-refractivity contribution is 0.0919. The molecule has 0 bridgehead atoms. The standard InChI is InChI=1S/C19H30N4O/c1-5-20-18(23-11-6-7-12-23)21-14-15-9-8-10-16(13-15)17(24)22-19(2,3)4/h8-10,13H,5-7,11-12,14H2,1-4H3,(H,20,21)(H,22,24). The van der Waals surface area contributed by atoms with Crippen molar-refractivity contribution in [3.05, 3.63) is 35.4 Å². The van der Waals surface area contributed by atoms with Crippen LogP contribution >= 0.6 is 0 Å². The number of guanidine groups is 1. The second kappa shape index (κ2) is 8.18. The molecule has 1 aromatic carbocycles. The lowest BCUT2D eigenvalue weighted by Gasteiger charge is -2.21. The zero-order chi connectivity index (χ0) is 17.6. The van der Waals surface area contributed by atoms with Gasteiger partial charge >= 0.3 is 0 Å². The van der Waals surface area contributed by atoms with Crippen LogP contribution in [0.15, 0.2) is 29.3 Å². The maximum Gasteiger partial charge on any atom is 0.251 e. The van der Waals surface area contributed by atoms with E-state index in [2.05, 4.69) is 22.5 Å². The maximum atomic E-state index is 12.3. The number of nitrogens with one attached hydrogen (secondary N) is 2. The first-order valence-corrected chi connectivity index (χ1v) is 8.84. The Labute approximate surface area is 145 Å². The molecule has 1 saturated heterocycles. The van der Waals surface area contributed by atoms with Crippen molar-refractivity contribution >= 4 is 11.9 Å². The van der Waals surface area contributed by atoms with E-state index < -0.39 is 0 Å². The first kappa shape index (κ1) is 18.3. The van der Waals surface area contributed by atoms with Crippen LogP contribution in [0.1, 0.15) is 56.5 Å². The highest BCUT2D eigenvalue weighted by molar-refractivity contribution is 5.94. The highest BCUT2D eigenvalue weighted by Gasteiger charge is 2.16. The van der Waals surface area contributed by atoms with Crippen molar-refractivity contribution in [2.24, 2.45) is 4.99 Å². The average molecular weight is 330 g/mol. The lowest BCUT2D eigenvalue weighted by Crippen LogP contribution is -2.40. The van der Waals surface area contributed by atoms with Gasteiger partial charge in [-0.1, -0.05) is 12.1 Å². The number of hydrogen-bond acceptors (Lipinski definition) is 2. The van der Waals surface area contributed by atoms with Crippen molar-refractivity contribution in [2.45, 2.75) is 52.6 Å². The second-order valence-corrected chi connectivity index (χ2v) is 7.27. The van der Waals surface area contributed by atoms with Gasteiger partial charge in [0, 0.05) is 30.7 Å². The van der Waals surface area contributed by atoms with E-state index in [-0.39, 0.29) is 11.4 Å². The van der Waals surface area contributed by atoms with Gasteiger partial charge in [-0.05, 0) is 58.2 Å². The van der Waals surface area contributed by atoms with Crippen LogP contribution in [0.2, 0.25) is 0 Å². The molecule has 1 amide bonds. The molecule has 5 heteroatoms. The van der Waals surface area contributed by atoms with Crippen LogP contribution in [-0.2, 0) is 6.54 Å². The molecular formula is C19H30N4O. The Hall–Kier alpha value is -2.04. The minimum absolute atomic E-state index is 0.0419. The molecule has 2 N–H and O–H groups in total. The third-order valence-electron chi connectivity index (χ3n) is 3.83. The van der Waals surface area contributed by atoms with E-state index in [0.717, 1.165) is 31.2 Å². The fraction of sp³-hybridized carbons (Fsp3) is 0.579. The van der Waals surface area contributed by atoms with E-state index in [1.807, 2.05) is 45.0 Å². The predicted molar refractivity (Wildman–Crippen MR) is 99.3 cm³/mol. The Morgan fingerprint density at radius 1 is 1.25 bits per heavy atom. The fourth-order valence-corrected chi connectivity index (χ4v) is 2.74. The molecular weight excluding hydrogens is 300 g/mol. The molecule has 2 rings (SSSR count). The smallest absolute Gasteiger partial charge is 0.251 e. The molecule has 24 heavy (non-hydrogen) atoms. The van der Waals surface area contributed by atoms with Gasteiger partial charge in [0.1, 0.15) is 0 Å². The van der Waals surface area contributed by atoms with Crippen LogP contribution in [0.25, 0.3) is 0 Å². The Balaban J connectivity index is 2.07. The van der Waals surface area contributed by atoms with Crippen molar-refractivity contribution in [3.8, 4) is 0 Å². The molecule has 0 aromatic heterocycles. The summed E-state index contributed by atoms with van der Waals surface area (Å²) in [6, 6.07) is 7.72. The number of carbonyl (C=O) groups is 1. The Kier molecular flexibility index (Phi) is 6.23. The Morgan fingerprint density at radius 3 is 2.58 bits per heavy atom. The molecule has 0 spiro atoms. The van der Waals surface area contributed by atoms with Gasteiger partial charge in [0.2, 0.25) is 0 Å². The summed E-state index contributed by atoms with van der Waals surface area (Å²) in [5, 5.41) is 6.36. The largest absolute Gasteiger partial charge is 0.357 e. The molecule has 5 nitrogen and oxygen atoms in total. The summed E-state index contributed by atoms with van der Waals surface area (Å²) in [6.45, 7) is 11.6. The van der Waals surface area contributed by atoms with E-state index >= 15 is 0 Å². The van der Waals surface area contributed by atoms with E-state index in [1.54, 1.807) is 0 Å².